The fourth-order valence-electron chi connectivity index (χ4n) is 5.59. The van der Waals surface area contributed by atoms with Crippen LogP contribution in [0.1, 0.15) is 65.4 Å². The Morgan fingerprint density at radius 1 is 0.439 bits per heavy atom. The number of benzene rings is 4. The van der Waals surface area contributed by atoms with Crippen molar-refractivity contribution in [3.63, 3.8) is 0 Å². The Hall–Kier alpha value is -10.4. The second-order valence-corrected chi connectivity index (χ2v) is 15.6. The molecule has 0 fully saturated rings. The molecule has 14 N–H and O–H groups in total. The van der Waals surface area contributed by atoms with Crippen LogP contribution in [0.4, 0.5) is 26.3 Å². The molecule has 0 saturated heterocycles. The zero-order chi connectivity index (χ0) is 62.1. The van der Waals surface area contributed by atoms with Gasteiger partial charge in [0.15, 0.2) is 0 Å². The van der Waals surface area contributed by atoms with E-state index >= 15 is 0 Å². The highest BCUT2D eigenvalue weighted by atomic mass is 19.4. The van der Waals surface area contributed by atoms with Crippen molar-refractivity contribution in [2.45, 2.75) is 37.3 Å². The molecule has 0 aliphatic rings. The summed E-state index contributed by atoms with van der Waals surface area (Å²) in [5, 5.41) is 70.4. The smallest absolute Gasteiger partial charge is 0.490 e. The molecule has 4 rings (SSSR count). The normalized spacial score (nSPS) is 11.4. The van der Waals surface area contributed by atoms with Gasteiger partial charge in [0.25, 0.3) is 11.8 Å². The first-order valence-corrected chi connectivity index (χ1v) is 22.3. The minimum Gasteiger partial charge on any atom is -0.491 e. The van der Waals surface area contributed by atoms with Crippen LogP contribution in [-0.2, 0) is 38.2 Å². The highest BCUT2D eigenvalue weighted by molar-refractivity contribution is 6.02. The van der Waals surface area contributed by atoms with Gasteiger partial charge in [0.1, 0.15) is 60.0 Å². The highest BCUT2D eigenvalue weighted by Crippen LogP contribution is 2.23. The van der Waals surface area contributed by atoms with Gasteiger partial charge in [0.05, 0.1) is 50.4 Å². The van der Waals surface area contributed by atoms with Crippen LogP contribution in [0.5, 0.6) is 23.0 Å². The Bertz CT molecular complexity index is 2790. The van der Waals surface area contributed by atoms with Crippen LogP contribution in [-0.4, -0.2) is 166 Å². The fourth-order valence-corrected chi connectivity index (χ4v) is 5.59. The summed E-state index contributed by atoms with van der Waals surface area (Å²) in [4.78, 5) is 116. The molecule has 0 saturated carbocycles. The Morgan fingerprint density at radius 3 is 0.976 bits per heavy atom. The van der Waals surface area contributed by atoms with Gasteiger partial charge in [-0.15, -0.1) is 0 Å². The third-order valence-corrected chi connectivity index (χ3v) is 9.37. The quantitative estimate of drug-likeness (QED) is 0.0102. The van der Waals surface area contributed by atoms with E-state index in [1.807, 2.05) is 0 Å². The van der Waals surface area contributed by atoms with Crippen molar-refractivity contribution in [3.05, 3.63) is 118 Å². The van der Waals surface area contributed by atoms with Gasteiger partial charge in [-0.25, -0.2) is 28.8 Å². The molecular weight excluding hydrogens is 1130 g/mol. The number of amidine groups is 2. The number of carboxylic acid groups (broad SMARTS) is 6. The molecular formula is C48H46F6N6O22. The lowest BCUT2D eigenvalue weighted by Gasteiger charge is -2.15. The number of rotatable bonds is 27. The predicted molar refractivity (Wildman–Crippen MR) is 260 cm³/mol. The number of carbonyl (C=O) groups is 10. The molecule has 0 bridgehead atoms. The average Bonchev–Trinajstić information content (AvgIpc) is 3.38. The van der Waals surface area contributed by atoms with Crippen LogP contribution in [0, 0.1) is 10.8 Å². The second kappa shape index (κ2) is 31.9. The van der Waals surface area contributed by atoms with E-state index in [-0.39, 0.29) is 96.6 Å². The molecule has 0 radical (unpaired) electrons. The van der Waals surface area contributed by atoms with Gasteiger partial charge >= 0.3 is 60.1 Å². The molecule has 34 heteroatoms. The number of aliphatic carboxylic acids is 6. The Balaban J connectivity index is 0.00000145. The first kappa shape index (κ1) is 67.7. The standard InChI is InChI=1S/C44H44N6O18.2C2HF3O2/c45-37(46)23-1-5-29(6-2-23)67-43(61)27-15-25(39(55)49-33(41(57)58)21-35(51)52)17-31(19-27)65-13-11-63-9-10-64-12-14-66-32-18-26(40(56)50-34(42(59)60)22-36(53)54)16-28(20-32)44(62)68-30-7-3-24(4-8-30)38(47)48;2*3-2(4,5)1(6)7/h1-8,15-20,33-34H,9-14,21-22H2,(H3,45,46)(H3,47,48)(H,49,55)(H,50,56)(H,51,52)(H,53,54)(H,57,58)(H,59,60);2*(H,6,7). The van der Waals surface area contributed by atoms with Gasteiger partial charge in [0.2, 0.25) is 0 Å². The molecule has 442 valence electrons. The number of hydrogen-bond acceptors (Lipinski definition) is 18. The summed E-state index contributed by atoms with van der Waals surface area (Å²) in [7, 11) is 0. The van der Waals surface area contributed by atoms with Crippen molar-refractivity contribution in [1.29, 1.82) is 10.8 Å². The number of esters is 2. The largest absolute Gasteiger partial charge is 0.491 e. The number of alkyl halides is 6. The van der Waals surface area contributed by atoms with Gasteiger partial charge in [-0.1, -0.05) is 0 Å². The van der Waals surface area contributed by atoms with Crippen molar-refractivity contribution < 1.29 is 133 Å². The fraction of sp³-hybridized carbons (Fsp3) is 0.250. The van der Waals surface area contributed by atoms with Crippen LogP contribution >= 0.6 is 0 Å². The number of hydrogen-bond donors (Lipinski definition) is 12. The van der Waals surface area contributed by atoms with Crippen molar-refractivity contribution in [1.82, 2.24) is 10.6 Å². The summed E-state index contributed by atoms with van der Waals surface area (Å²) in [6.07, 6.45) is -12.0. The number of amides is 2. The molecule has 0 aliphatic heterocycles. The lowest BCUT2D eigenvalue weighted by atomic mass is 10.1. The summed E-state index contributed by atoms with van der Waals surface area (Å²) >= 11 is 0. The van der Waals surface area contributed by atoms with Gasteiger partial charge in [-0.2, -0.15) is 26.3 Å². The number of carboxylic acids is 6. The number of nitrogens with one attached hydrogen (secondary N) is 4. The van der Waals surface area contributed by atoms with E-state index in [0.717, 1.165) is 12.1 Å². The molecule has 4 aromatic rings. The second-order valence-electron chi connectivity index (χ2n) is 15.6. The topological polar surface area (TPSA) is 471 Å². The number of halogens is 6. The van der Waals surface area contributed by atoms with E-state index in [9.17, 15) is 74.9 Å². The maximum absolute atomic E-state index is 13.1. The van der Waals surface area contributed by atoms with E-state index in [4.69, 9.17) is 80.7 Å². The van der Waals surface area contributed by atoms with Crippen LogP contribution in [0.25, 0.3) is 0 Å². The minimum absolute atomic E-state index is 0.0338. The van der Waals surface area contributed by atoms with Crippen LogP contribution in [0.3, 0.4) is 0 Å². The number of ether oxygens (including phenoxy) is 6. The average molecular weight is 1170 g/mol. The molecule has 0 spiro atoms. The third-order valence-electron chi connectivity index (χ3n) is 9.37. The Labute approximate surface area is 455 Å². The van der Waals surface area contributed by atoms with Crippen molar-refractivity contribution in [3.8, 4) is 23.0 Å². The first-order valence-electron chi connectivity index (χ1n) is 22.3. The molecule has 0 aromatic heterocycles. The van der Waals surface area contributed by atoms with E-state index in [0.29, 0.717) is 11.1 Å². The van der Waals surface area contributed by atoms with Crippen molar-refractivity contribution >= 4 is 71.2 Å². The van der Waals surface area contributed by atoms with Crippen LogP contribution < -0.4 is 41.0 Å². The summed E-state index contributed by atoms with van der Waals surface area (Å²) < 4.78 is 96.6. The van der Waals surface area contributed by atoms with Gasteiger partial charge in [0, 0.05) is 22.3 Å². The number of carbonyl (C=O) groups excluding carboxylic acids is 4. The van der Waals surface area contributed by atoms with Crippen molar-refractivity contribution in [2.75, 3.05) is 39.6 Å². The van der Waals surface area contributed by atoms with E-state index in [2.05, 4.69) is 10.6 Å². The minimum atomic E-state index is -5.08. The Kier molecular flexibility index (Phi) is 26.3. The summed E-state index contributed by atoms with van der Waals surface area (Å²) in [5.74, 6) is -16.0. The highest BCUT2D eigenvalue weighted by Gasteiger charge is 2.39. The zero-order valence-corrected chi connectivity index (χ0v) is 41.5. The third kappa shape index (κ3) is 25.0. The van der Waals surface area contributed by atoms with Gasteiger partial charge in [-0.05, 0) is 84.9 Å². The van der Waals surface area contributed by atoms with E-state index < -0.39 is 96.8 Å². The van der Waals surface area contributed by atoms with E-state index in [1.165, 1.54) is 72.8 Å². The first-order chi connectivity index (χ1) is 38.2. The molecule has 28 nitrogen and oxygen atoms in total. The summed E-state index contributed by atoms with van der Waals surface area (Å²) in [5.41, 5.74) is 10.7. The van der Waals surface area contributed by atoms with Crippen LogP contribution in [0.15, 0.2) is 84.9 Å². The van der Waals surface area contributed by atoms with Crippen LogP contribution in [0.2, 0.25) is 0 Å². The monoisotopic (exact) mass is 1170 g/mol. The molecule has 0 heterocycles. The van der Waals surface area contributed by atoms with Gasteiger partial charge < -0.3 is 81.2 Å². The molecule has 2 amide bonds. The lowest BCUT2D eigenvalue weighted by molar-refractivity contribution is -0.193. The lowest BCUT2D eigenvalue weighted by Crippen LogP contribution is -2.42. The summed E-state index contributed by atoms with van der Waals surface area (Å²) in [6, 6.07) is 14.7. The predicted octanol–water partition coefficient (Wildman–Crippen LogP) is 2.77. The SMILES string of the molecule is N=C(N)c1ccc(OC(=O)c2cc(OCCOCCOCCOc3cc(C(=O)NC(CC(=O)O)C(=O)O)cc(C(=O)Oc4ccc(C(=N)N)cc4)c3)cc(C(=O)NC(CC(=O)O)C(=O)O)c2)cc1.O=C(O)C(F)(F)F.O=C(O)C(F)(F)F. The Morgan fingerprint density at radius 2 is 0.720 bits per heavy atom. The van der Waals surface area contributed by atoms with Gasteiger partial charge in [-0.3, -0.25) is 30.0 Å². The molecule has 2 atom stereocenters. The molecule has 2 unspecified atom stereocenters. The maximum atomic E-state index is 13.1. The summed E-state index contributed by atoms with van der Waals surface area (Å²) in [6.45, 7) is -0.274. The maximum Gasteiger partial charge on any atom is 0.490 e. The number of nitrogens with two attached hydrogens (primary N) is 2. The molecule has 4 aromatic carbocycles. The molecule has 0 aliphatic carbocycles. The number of nitrogen functional groups attached to an aromatic ring is 2. The van der Waals surface area contributed by atoms with E-state index in [1.54, 1.807) is 0 Å². The van der Waals surface area contributed by atoms with Crippen molar-refractivity contribution in [2.24, 2.45) is 11.5 Å². The molecule has 82 heavy (non-hydrogen) atoms. The zero-order valence-electron chi connectivity index (χ0n) is 41.5.